The number of nitrogens with one attached hydrogen (secondary N) is 2. The van der Waals surface area contributed by atoms with Crippen molar-refractivity contribution in [1.82, 2.24) is 15.2 Å². The fourth-order valence-corrected chi connectivity index (χ4v) is 2.43. The van der Waals surface area contributed by atoms with Crippen molar-refractivity contribution in [1.29, 1.82) is 0 Å². The van der Waals surface area contributed by atoms with E-state index >= 15 is 0 Å². The molecule has 0 aliphatic rings. The normalized spacial score (nSPS) is 12.6. The van der Waals surface area contributed by atoms with Gasteiger partial charge in [0.1, 0.15) is 24.2 Å². The molecule has 24 heavy (non-hydrogen) atoms. The highest BCUT2D eigenvalue weighted by Crippen LogP contribution is 2.28. The number of ether oxygens (including phenoxy) is 1. The Bertz CT molecular complexity index is 707. The van der Waals surface area contributed by atoms with Gasteiger partial charge in [0.2, 0.25) is 0 Å². The maximum Gasteiger partial charge on any atom is 0.269 e. The molecule has 0 aliphatic heterocycles. The number of aromatic nitrogens is 1. The fraction of sp³-hybridized carbons (Fsp3) is 0.500. The maximum absolute atomic E-state index is 12.1. The molecule has 0 bridgehead atoms. The minimum Gasteiger partial charge on any atom is -0.490 e. The summed E-state index contributed by atoms with van der Waals surface area (Å²) in [6, 6.07) is 6.01. The Labute approximate surface area is 142 Å². The number of H-pyrrole nitrogens is 1. The van der Waals surface area contributed by atoms with Crippen LogP contribution in [0.15, 0.2) is 18.2 Å². The molecule has 0 aliphatic carbocycles. The lowest BCUT2D eigenvalue weighted by Crippen LogP contribution is -2.35. The van der Waals surface area contributed by atoms with Crippen molar-refractivity contribution in [2.45, 2.75) is 32.9 Å². The lowest BCUT2D eigenvalue weighted by Gasteiger charge is -2.15. The summed E-state index contributed by atoms with van der Waals surface area (Å²) >= 11 is 0. The minimum atomic E-state index is -0.593. The second-order valence-electron chi connectivity index (χ2n) is 6.63. The number of aryl methyl sites for hydroxylation is 1. The molecule has 1 atom stereocenters. The van der Waals surface area contributed by atoms with Crippen molar-refractivity contribution in [2.75, 3.05) is 27.2 Å². The van der Waals surface area contributed by atoms with Crippen molar-refractivity contribution >= 4 is 16.8 Å². The van der Waals surface area contributed by atoms with Gasteiger partial charge in [-0.2, -0.15) is 0 Å². The predicted octanol–water partition coefficient (Wildman–Crippen LogP) is 1.92. The molecule has 0 saturated heterocycles. The molecule has 1 aromatic carbocycles. The number of amides is 1. The summed E-state index contributed by atoms with van der Waals surface area (Å²) < 4.78 is 5.81. The number of hydrogen-bond acceptors (Lipinski definition) is 4. The molecule has 132 valence electrons. The zero-order chi connectivity index (χ0) is 17.9. The van der Waals surface area contributed by atoms with Gasteiger partial charge in [0.05, 0.1) is 0 Å². The number of rotatable bonds is 7. The molecule has 0 saturated carbocycles. The van der Waals surface area contributed by atoms with Gasteiger partial charge in [-0.1, -0.05) is 13.8 Å². The number of aliphatic hydroxyl groups excluding tert-OH is 1. The van der Waals surface area contributed by atoms with E-state index in [2.05, 4.69) is 10.3 Å². The van der Waals surface area contributed by atoms with Crippen molar-refractivity contribution in [3.63, 3.8) is 0 Å². The van der Waals surface area contributed by atoms with Gasteiger partial charge in [-0.15, -0.1) is 0 Å². The van der Waals surface area contributed by atoms with Crippen molar-refractivity contribution in [2.24, 2.45) is 0 Å². The van der Waals surface area contributed by atoms with Gasteiger partial charge in [-0.25, -0.2) is 0 Å². The molecule has 2 rings (SSSR count). The lowest BCUT2D eigenvalue weighted by molar-refractivity contribution is 0.0823. The van der Waals surface area contributed by atoms with Crippen LogP contribution in [0.25, 0.3) is 10.9 Å². The SMILES string of the molecule is Cc1cc(OCC(O)CNC(C)C)c2cc(C(=O)N(C)C)[nH]c2c1. The summed E-state index contributed by atoms with van der Waals surface area (Å²) in [5, 5.41) is 14.0. The molecule has 0 fully saturated rings. The smallest absolute Gasteiger partial charge is 0.269 e. The van der Waals surface area contributed by atoms with E-state index < -0.39 is 6.10 Å². The predicted molar refractivity (Wildman–Crippen MR) is 95.7 cm³/mol. The van der Waals surface area contributed by atoms with Crippen molar-refractivity contribution in [3.05, 3.63) is 29.5 Å². The van der Waals surface area contributed by atoms with Crippen LogP contribution in [0.4, 0.5) is 0 Å². The van der Waals surface area contributed by atoms with E-state index in [1.807, 2.05) is 32.9 Å². The van der Waals surface area contributed by atoms with E-state index in [1.165, 1.54) is 4.90 Å². The highest BCUT2D eigenvalue weighted by Gasteiger charge is 2.15. The van der Waals surface area contributed by atoms with E-state index in [-0.39, 0.29) is 12.5 Å². The van der Waals surface area contributed by atoms with Crippen LogP contribution in [-0.2, 0) is 0 Å². The van der Waals surface area contributed by atoms with E-state index in [9.17, 15) is 9.90 Å². The Hall–Kier alpha value is -2.05. The molecule has 1 aromatic heterocycles. The molecule has 1 heterocycles. The van der Waals surface area contributed by atoms with Gasteiger partial charge in [0, 0.05) is 37.6 Å². The van der Waals surface area contributed by atoms with Crippen LogP contribution in [-0.4, -0.2) is 60.3 Å². The molecule has 1 unspecified atom stereocenters. The van der Waals surface area contributed by atoms with E-state index in [4.69, 9.17) is 4.74 Å². The largest absolute Gasteiger partial charge is 0.490 e. The summed E-state index contributed by atoms with van der Waals surface area (Å²) in [7, 11) is 3.43. The Morgan fingerprint density at radius 1 is 1.33 bits per heavy atom. The van der Waals surface area contributed by atoms with Gasteiger partial charge < -0.3 is 25.0 Å². The fourth-order valence-electron chi connectivity index (χ4n) is 2.43. The summed E-state index contributed by atoms with van der Waals surface area (Å²) in [5.74, 6) is 0.582. The number of aliphatic hydroxyl groups is 1. The standard InChI is InChI=1S/C18H27N3O3/c1-11(2)19-9-13(22)10-24-17-7-12(3)6-15-14(17)8-16(20-15)18(23)21(4)5/h6-8,11,13,19-20,22H,9-10H2,1-5H3. The molecular weight excluding hydrogens is 306 g/mol. The molecule has 6 nitrogen and oxygen atoms in total. The number of benzene rings is 1. The van der Waals surface area contributed by atoms with Gasteiger partial charge in [0.25, 0.3) is 5.91 Å². The summed E-state index contributed by atoms with van der Waals surface area (Å²) in [6.07, 6.45) is -0.593. The van der Waals surface area contributed by atoms with Gasteiger partial charge in [0.15, 0.2) is 0 Å². The highest BCUT2D eigenvalue weighted by atomic mass is 16.5. The van der Waals surface area contributed by atoms with Crippen molar-refractivity contribution < 1.29 is 14.6 Å². The molecule has 0 spiro atoms. The molecule has 0 radical (unpaired) electrons. The zero-order valence-electron chi connectivity index (χ0n) is 15.0. The number of fused-ring (bicyclic) bond motifs is 1. The van der Waals surface area contributed by atoms with Crippen LogP contribution in [0, 0.1) is 6.92 Å². The molecular formula is C18H27N3O3. The average molecular weight is 333 g/mol. The van der Waals surface area contributed by atoms with Crippen LogP contribution in [0.5, 0.6) is 5.75 Å². The number of hydrogen-bond donors (Lipinski definition) is 3. The topological polar surface area (TPSA) is 77.6 Å². The third kappa shape index (κ3) is 4.49. The first-order chi connectivity index (χ1) is 11.3. The Balaban J connectivity index is 2.18. The summed E-state index contributed by atoms with van der Waals surface area (Å²) in [6.45, 7) is 6.70. The molecule has 2 aromatic rings. The Morgan fingerprint density at radius 2 is 2.04 bits per heavy atom. The first-order valence-corrected chi connectivity index (χ1v) is 8.17. The molecule has 6 heteroatoms. The van der Waals surface area contributed by atoms with Crippen LogP contribution >= 0.6 is 0 Å². The maximum atomic E-state index is 12.1. The van der Waals surface area contributed by atoms with E-state index in [1.54, 1.807) is 20.2 Å². The van der Waals surface area contributed by atoms with Crippen LogP contribution in [0.1, 0.15) is 29.9 Å². The van der Waals surface area contributed by atoms with Gasteiger partial charge in [-0.05, 0) is 30.7 Å². The monoisotopic (exact) mass is 333 g/mol. The summed E-state index contributed by atoms with van der Waals surface area (Å²) in [5.41, 5.74) is 2.40. The lowest BCUT2D eigenvalue weighted by atomic mass is 10.1. The number of aromatic amines is 1. The Kier molecular flexibility index (Phi) is 5.85. The summed E-state index contributed by atoms with van der Waals surface area (Å²) in [4.78, 5) is 16.8. The molecule has 1 amide bonds. The zero-order valence-corrected chi connectivity index (χ0v) is 15.0. The number of carbonyl (C=O) groups is 1. The third-order valence-corrected chi connectivity index (χ3v) is 3.67. The minimum absolute atomic E-state index is 0.0871. The Morgan fingerprint density at radius 3 is 2.67 bits per heavy atom. The first-order valence-electron chi connectivity index (χ1n) is 8.17. The van der Waals surface area contributed by atoms with Crippen LogP contribution in [0.3, 0.4) is 0 Å². The quantitative estimate of drug-likeness (QED) is 0.723. The van der Waals surface area contributed by atoms with Crippen LogP contribution in [0.2, 0.25) is 0 Å². The third-order valence-electron chi connectivity index (χ3n) is 3.67. The van der Waals surface area contributed by atoms with Gasteiger partial charge in [-0.3, -0.25) is 4.79 Å². The van der Waals surface area contributed by atoms with E-state index in [0.29, 0.717) is 24.0 Å². The second kappa shape index (κ2) is 7.68. The first kappa shape index (κ1) is 18.3. The van der Waals surface area contributed by atoms with Crippen LogP contribution < -0.4 is 10.1 Å². The van der Waals surface area contributed by atoms with E-state index in [0.717, 1.165) is 16.5 Å². The second-order valence-corrected chi connectivity index (χ2v) is 6.63. The average Bonchev–Trinajstić information content (AvgIpc) is 2.93. The highest BCUT2D eigenvalue weighted by molar-refractivity contribution is 5.99. The molecule has 3 N–H and O–H groups in total. The number of carbonyl (C=O) groups excluding carboxylic acids is 1. The van der Waals surface area contributed by atoms with Gasteiger partial charge >= 0.3 is 0 Å². The number of nitrogens with zero attached hydrogens (tertiary/aromatic N) is 1. The van der Waals surface area contributed by atoms with Crippen molar-refractivity contribution in [3.8, 4) is 5.75 Å².